The summed E-state index contributed by atoms with van der Waals surface area (Å²) in [6, 6.07) is 13.3. The molecule has 4 nitrogen and oxygen atoms in total. The summed E-state index contributed by atoms with van der Waals surface area (Å²) >= 11 is 0. The number of ether oxygens (including phenoxy) is 1. The fourth-order valence-corrected chi connectivity index (χ4v) is 2.49. The summed E-state index contributed by atoms with van der Waals surface area (Å²) in [6.45, 7) is 0. The molecule has 0 bridgehead atoms. The molecule has 0 fully saturated rings. The van der Waals surface area contributed by atoms with Crippen LogP contribution in [-0.2, 0) is 10.1 Å². The van der Waals surface area contributed by atoms with Gasteiger partial charge in [-0.2, -0.15) is 8.42 Å². The average molecular weight is 264 g/mol. The second-order valence-corrected chi connectivity index (χ2v) is 5.06. The van der Waals surface area contributed by atoms with Crippen molar-refractivity contribution in [3.05, 3.63) is 48.5 Å². The van der Waals surface area contributed by atoms with Crippen molar-refractivity contribution in [1.82, 2.24) is 0 Å². The van der Waals surface area contributed by atoms with Gasteiger partial charge in [-0.1, -0.05) is 36.4 Å². The standard InChI is InChI=1S/C13H12O4S/c1-17-12-8-4-2-6-10(12)11-7-3-5-9-13(11)18(14,15)16/h2-9H,1H3,(H,14,15,16). The maximum absolute atomic E-state index is 11.3. The highest BCUT2D eigenvalue weighted by atomic mass is 32.2. The monoisotopic (exact) mass is 264 g/mol. The van der Waals surface area contributed by atoms with E-state index in [1.165, 1.54) is 13.2 Å². The van der Waals surface area contributed by atoms with Crippen molar-refractivity contribution in [3.8, 4) is 16.9 Å². The Morgan fingerprint density at radius 1 is 0.944 bits per heavy atom. The number of para-hydroxylation sites is 1. The smallest absolute Gasteiger partial charge is 0.295 e. The van der Waals surface area contributed by atoms with Gasteiger partial charge in [-0.05, 0) is 12.1 Å². The summed E-state index contributed by atoms with van der Waals surface area (Å²) in [5, 5.41) is 0. The second kappa shape index (κ2) is 4.80. The Morgan fingerprint density at radius 3 is 2.11 bits per heavy atom. The van der Waals surface area contributed by atoms with Gasteiger partial charge in [0.15, 0.2) is 0 Å². The molecule has 0 heterocycles. The molecule has 0 aliphatic rings. The highest BCUT2D eigenvalue weighted by molar-refractivity contribution is 7.86. The summed E-state index contributed by atoms with van der Waals surface area (Å²) in [5.41, 5.74) is 1.03. The molecule has 2 aromatic carbocycles. The molecule has 0 spiro atoms. The lowest BCUT2D eigenvalue weighted by atomic mass is 10.0. The Hall–Kier alpha value is -1.85. The van der Waals surface area contributed by atoms with Crippen LogP contribution in [0.3, 0.4) is 0 Å². The SMILES string of the molecule is COc1ccccc1-c1ccccc1S(=O)(=O)O. The average Bonchev–Trinajstić information content (AvgIpc) is 2.37. The van der Waals surface area contributed by atoms with Gasteiger partial charge in [-0.25, -0.2) is 0 Å². The first-order valence-corrected chi connectivity index (χ1v) is 6.68. The van der Waals surface area contributed by atoms with E-state index in [0.29, 0.717) is 16.9 Å². The van der Waals surface area contributed by atoms with Gasteiger partial charge in [0, 0.05) is 11.1 Å². The predicted molar refractivity (Wildman–Crippen MR) is 68.2 cm³/mol. The second-order valence-electron chi connectivity index (χ2n) is 3.67. The maximum atomic E-state index is 11.3. The van der Waals surface area contributed by atoms with Crippen LogP contribution in [0.1, 0.15) is 0 Å². The van der Waals surface area contributed by atoms with Crippen LogP contribution in [0.2, 0.25) is 0 Å². The van der Waals surface area contributed by atoms with Crippen molar-refractivity contribution in [2.24, 2.45) is 0 Å². The van der Waals surface area contributed by atoms with Crippen LogP contribution >= 0.6 is 0 Å². The van der Waals surface area contributed by atoms with Gasteiger partial charge >= 0.3 is 0 Å². The molecule has 0 aliphatic carbocycles. The Labute approximate surface area is 106 Å². The lowest BCUT2D eigenvalue weighted by molar-refractivity contribution is 0.416. The minimum Gasteiger partial charge on any atom is -0.496 e. The molecular formula is C13H12O4S. The van der Waals surface area contributed by atoms with Crippen LogP contribution in [0, 0.1) is 0 Å². The first kappa shape index (κ1) is 12.6. The molecule has 18 heavy (non-hydrogen) atoms. The third-order valence-corrected chi connectivity index (χ3v) is 3.47. The fourth-order valence-electron chi connectivity index (χ4n) is 1.78. The third-order valence-electron chi connectivity index (χ3n) is 2.56. The minimum absolute atomic E-state index is 0.130. The summed E-state index contributed by atoms with van der Waals surface area (Å²) in [5.74, 6) is 0.550. The van der Waals surface area contributed by atoms with Gasteiger partial charge in [0.1, 0.15) is 10.6 Å². The highest BCUT2D eigenvalue weighted by Gasteiger charge is 2.17. The molecule has 0 aromatic heterocycles. The topological polar surface area (TPSA) is 63.6 Å². The number of benzene rings is 2. The zero-order valence-corrected chi connectivity index (χ0v) is 10.5. The molecule has 0 unspecified atom stereocenters. The lowest BCUT2D eigenvalue weighted by Gasteiger charge is -2.11. The Bertz CT molecular complexity index is 662. The van der Waals surface area contributed by atoms with E-state index in [-0.39, 0.29) is 4.90 Å². The van der Waals surface area contributed by atoms with Crippen molar-refractivity contribution < 1.29 is 17.7 Å². The molecule has 0 aliphatic heterocycles. The first-order chi connectivity index (χ1) is 8.54. The third kappa shape index (κ3) is 2.37. The van der Waals surface area contributed by atoms with Crippen LogP contribution in [-0.4, -0.2) is 20.1 Å². The van der Waals surface area contributed by atoms with Crippen LogP contribution in [0.25, 0.3) is 11.1 Å². The molecule has 2 aromatic rings. The summed E-state index contributed by atoms with van der Waals surface area (Å²) in [4.78, 5) is -0.130. The molecule has 5 heteroatoms. The Kier molecular flexibility index (Phi) is 3.36. The molecule has 0 amide bonds. The molecule has 0 saturated heterocycles. The molecule has 0 atom stereocenters. The van der Waals surface area contributed by atoms with Crippen molar-refractivity contribution in [1.29, 1.82) is 0 Å². The quantitative estimate of drug-likeness (QED) is 0.865. The zero-order valence-electron chi connectivity index (χ0n) is 9.70. The van der Waals surface area contributed by atoms with Gasteiger partial charge in [-0.3, -0.25) is 4.55 Å². The van der Waals surface area contributed by atoms with Crippen molar-refractivity contribution >= 4 is 10.1 Å². The van der Waals surface area contributed by atoms with E-state index in [9.17, 15) is 13.0 Å². The van der Waals surface area contributed by atoms with E-state index >= 15 is 0 Å². The van der Waals surface area contributed by atoms with Crippen LogP contribution in [0.15, 0.2) is 53.4 Å². The number of hydrogen-bond donors (Lipinski definition) is 1. The van der Waals surface area contributed by atoms with Crippen molar-refractivity contribution in [3.63, 3.8) is 0 Å². The van der Waals surface area contributed by atoms with Crippen molar-refractivity contribution in [2.45, 2.75) is 4.90 Å². The molecule has 2 rings (SSSR count). The summed E-state index contributed by atoms with van der Waals surface area (Å²) in [6.07, 6.45) is 0. The highest BCUT2D eigenvalue weighted by Crippen LogP contribution is 2.33. The van der Waals surface area contributed by atoms with E-state index in [2.05, 4.69) is 0 Å². The largest absolute Gasteiger partial charge is 0.496 e. The molecule has 0 saturated carbocycles. The maximum Gasteiger partial charge on any atom is 0.295 e. The van der Waals surface area contributed by atoms with Crippen LogP contribution < -0.4 is 4.74 Å². The molecule has 0 radical (unpaired) electrons. The normalized spacial score (nSPS) is 11.2. The van der Waals surface area contributed by atoms with Gasteiger partial charge in [0.25, 0.3) is 10.1 Å². The summed E-state index contributed by atoms with van der Waals surface area (Å²) < 4.78 is 37.1. The van der Waals surface area contributed by atoms with E-state index in [4.69, 9.17) is 4.74 Å². The summed E-state index contributed by atoms with van der Waals surface area (Å²) in [7, 11) is -2.75. The van der Waals surface area contributed by atoms with Crippen LogP contribution in [0.5, 0.6) is 5.75 Å². The number of hydrogen-bond acceptors (Lipinski definition) is 3. The molecular weight excluding hydrogens is 252 g/mol. The molecule has 94 valence electrons. The predicted octanol–water partition coefficient (Wildman–Crippen LogP) is 2.61. The van der Waals surface area contributed by atoms with E-state index in [1.807, 2.05) is 0 Å². The van der Waals surface area contributed by atoms with Gasteiger partial charge in [0.05, 0.1) is 7.11 Å². The van der Waals surface area contributed by atoms with E-state index in [0.717, 1.165) is 0 Å². The number of methoxy groups -OCH3 is 1. The van der Waals surface area contributed by atoms with Gasteiger partial charge < -0.3 is 4.74 Å². The van der Waals surface area contributed by atoms with E-state index in [1.54, 1.807) is 42.5 Å². The Balaban J connectivity index is 2.72. The minimum atomic E-state index is -4.26. The van der Waals surface area contributed by atoms with Gasteiger partial charge in [-0.15, -0.1) is 0 Å². The Morgan fingerprint density at radius 2 is 1.50 bits per heavy atom. The van der Waals surface area contributed by atoms with Crippen molar-refractivity contribution in [2.75, 3.05) is 7.11 Å². The first-order valence-electron chi connectivity index (χ1n) is 5.24. The number of rotatable bonds is 3. The molecule has 1 N–H and O–H groups in total. The fraction of sp³-hybridized carbons (Fsp3) is 0.0769. The van der Waals surface area contributed by atoms with Gasteiger partial charge in [0.2, 0.25) is 0 Å². The lowest BCUT2D eigenvalue weighted by Crippen LogP contribution is -2.01. The zero-order chi connectivity index (χ0) is 13.2. The van der Waals surface area contributed by atoms with E-state index < -0.39 is 10.1 Å². The van der Waals surface area contributed by atoms with Crippen LogP contribution in [0.4, 0.5) is 0 Å².